The van der Waals surface area contributed by atoms with Gasteiger partial charge in [-0.1, -0.05) is 39.0 Å². The standard InChI is InChI=1S/C24H33F3O3/c1-2-3-4-17-5-7-18(8-6-17)19-9-11-20(12-10-19)23(28)29-21-13-15-22(16-14-21)30-24(25,26)27/h13-20H,2-12H2,1H3/t17-,18-,19-,20-. The lowest BCUT2D eigenvalue weighted by molar-refractivity contribution is -0.274. The van der Waals surface area contributed by atoms with E-state index in [9.17, 15) is 18.0 Å². The maximum absolute atomic E-state index is 12.5. The second-order valence-corrected chi connectivity index (χ2v) is 8.98. The van der Waals surface area contributed by atoms with E-state index in [0.29, 0.717) is 0 Å². The summed E-state index contributed by atoms with van der Waals surface area (Å²) in [6, 6.07) is 4.98. The van der Waals surface area contributed by atoms with Gasteiger partial charge in [0.25, 0.3) is 0 Å². The van der Waals surface area contributed by atoms with Crippen molar-refractivity contribution < 1.29 is 27.4 Å². The first-order valence-electron chi connectivity index (χ1n) is 11.4. The molecule has 0 atom stereocenters. The van der Waals surface area contributed by atoms with Gasteiger partial charge in [0.05, 0.1) is 5.92 Å². The van der Waals surface area contributed by atoms with E-state index >= 15 is 0 Å². The Balaban J connectivity index is 1.40. The lowest BCUT2D eigenvalue weighted by Gasteiger charge is -2.37. The molecule has 0 aliphatic heterocycles. The molecule has 0 N–H and O–H groups in total. The first kappa shape index (κ1) is 23.0. The largest absolute Gasteiger partial charge is 0.573 e. The maximum atomic E-state index is 12.5. The first-order valence-corrected chi connectivity index (χ1v) is 11.4. The van der Waals surface area contributed by atoms with Crippen LogP contribution < -0.4 is 9.47 Å². The van der Waals surface area contributed by atoms with E-state index in [-0.39, 0.29) is 23.4 Å². The molecule has 3 nitrogen and oxygen atoms in total. The third-order valence-electron chi connectivity index (χ3n) is 6.90. The Morgan fingerprint density at radius 3 is 1.97 bits per heavy atom. The van der Waals surface area contributed by atoms with E-state index in [4.69, 9.17) is 4.74 Å². The molecule has 2 aliphatic rings. The molecule has 0 amide bonds. The minimum absolute atomic E-state index is 0.117. The Kier molecular flexibility index (Phi) is 8.06. The van der Waals surface area contributed by atoms with Crippen LogP contribution in [0.25, 0.3) is 0 Å². The van der Waals surface area contributed by atoms with Crippen LogP contribution in [0.2, 0.25) is 0 Å². The lowest BCUT2D eigenvalue weighted by Crippen LogP contribution is -2.30. The van der Waals surface area contributed by atoms with Gasteiger partial charge in [-0.3, -0.25) is 4.79 Å². The van der Waals surface area contributed by atoms with Gasteiger partial charge >= 0.3 is 12.3 Å². The average Bonchev–Trinajstić information content (AvgIpc) is 2.73. The van der Waals surface area contributed by atoms with Crippen LogP contribution in [-0.4, -0.2) is 12.3 Å². The van der Waals surface area contributed by atoms with Crippen molar-refractivity contribution in [1.29, 1.82) is 0 Å². The number of halogens is 3. The minimum atomic E-state index is -4.73. The van der Waals surface area contributed by atoms with Gasteiger partial charge in [-0.05, 0) is 80.5 Å². The molecule has 168 valence electrons. The molecule has 0 bridgehead atoms. The molecule has 30 heavy (non-hydrogen) atoms. The Hall–Kier alpha value is -1.72. The van der Waals surface area contributed by atoms with Gasteiger partial charge < -0.3 is 9.47 Å². The zero-order valence-electron chi connectivity index (χ0n) is 17.8. The summed E-state index contributed by atoms with van der Waals surface area (Å²) in [6.45, 7) is 2.26. The number of alkyl halides is 3. The highest BCUT2D eigenvalue weighted by Gasteiger charge is 2.34. The smallest absolute Gasteiger partial charge is 0.426 e. The second kappa shape index (κ2) is 10.5. The molecule has 2 aliphatic carbocycles. The predicted octanol–water partition coefficient (Wildman–Crippen LogP) is 7.29. The van der Waals surface area contributed by atoms with Crippen LogP contribution >= 0.6 is 0 Å². The zero-order chi connectivity index (χ0) is 21.6. The summed E-state index contributed by atoms with van der Waals surface area (Å²) in [5.41, 5.74) is 0. The number of benzene rings is 1. The molecule has 6 heteroatoms. The number of hydrogen-bond acceptors (Lipinski definition) is 3. The Morgan fingerprint density at radius 2 is 1.43 bits per heavy atom. The topological polar surface area (TPSA) is 35.5 Å². The number of esters is 1. The summed E-state index contributed by atoms with van der Waals surface area (Å²) in [5, 5.41) is 0. The highest BCUT2D eigenvalue weighted by atomic mass is 19.4. The summed E-state index contributed by atoms with van der Waals surface area (Å²) in [6.07, 6.45) is 8.50. The van der Waals surface area contributed by atoms with Crippen LogP contribution in [0.15, 0.2) is 24.3 Å². The number of carbonyl (C=O) groups is 1. The van der Waals surface area contributed by atoms with Gasteiger partial charge in [-0.2, -0.15) is 0 Å². The molecule has 2 fully saturated rings. The van der Waals surface area contributed by atoms with Gasteiger partial charge in [0, 0.05) is 0 Å². The van der Waals surface area contributed by atoms with Crippen molar-refractivity contribution in [2.45, 2.75) is 83.9 Å². The molecule has 0 aromatic heterocycles. The predicted molar refractivity (Wildman–Crippen MR) is 109 cm³/mol. The van der Waals surface area contributed by atoms with E-state index in [1.165, 1.54) is 57.1 Å². The van der Waals surface area contributed by atoms with Crippen molar-refractivity contribution in [2.24, 2.45) is 23.7 Å². The van der Waals surface area contributed by atoms with Gasteiger partial charge in [-0.15, -0.1) is 13.2 Å². The molecular formula is C24H33F3O3. The third-order valence-corrected chi connectivity index (χ3v) is 6.90. The highest BCUT2D eigenvalue weighted by molar-refractivity contribution is 5.75. The van der Waals surface area contributed by atoms with Gasteiger partial charge in [0.15, 0.2) is 0 Å². The van der Waals surface area contributed by atoms with E-state index < -0.39 is 6.36 Å². The number of unbranched alkanes of at least 4 members (excludes halogenated alkanes) is 1. The molecule has 3 rings (SSSR count). The Morgan fingerprint density at radius 1 is 0.900 bits per heavy atom. The molecule has 0 spiro atoms. The molecule has 0 heterocycles. The van der Waals surface area contributed by atoms with E-state index in [1.807, 2.05) is 0 Å². The highest BCUT2D eigenvalue weighted by Crippen LogP contribution is 2.42. The molecule has 0 saturated heterocycles. The van der Waals surface area contributed by atoms with Crippen LogP contribution in [0.5, 0.6) is 11.5 Å². The molecular weight excluding hydrogens is 393 g/mol. The van der Waals surface area contributed by atoms with E-state index in [0.717, 1.165) is 55.6 Å². The number of rotatable bonds is 7. The molecule has 2 saturated carbocycles. The van der Waals surface area contributed by atoms with Crippen LogP contribution in [0, 0.1) is 23.7 Å². The van der Waals surface area contributed by atoms with E-state index in [2.05, 4.69) is 11.7 Å². The summed E-state index contributed by atoms with van der Waals surface area (Å²) in [4.78, 5) is 12.5. The average molecular weight is 427 g/mol. The SMILES string of the molecule is CCCC[C@H]1CC[C@H]([C@H]2CC[C@H](C(=O)Oc3ccc(OC(F)(F)F)cc3)CC2)CC1. The molecule has 0 unspecified atom stereocenters. The zero-order valence-corrected chi connectivity index (χ0v) is 17.8. The quantitative estimate of drug-likeness (QED) is 0.339. The van der Waals surface area contributed by atoms with Gasteiger partial charge in [0.1, 0.15) is 11.5 Å². The van der Waals surface area contributed by atoms with Gasteiger partial charge in [0.2, 0.25) is 0 Å². The molecule has 1 aromatic carbocycles. The van der Waals surface area contributed by atoms with Crippen molar-refractivity contribution in [1.82, 2.24) is 0 Å². The van der Waals surface area contributed by atoms with E-state index in [1.54, 1.807) is 0 Å². The van der Waals surface area contributed by atoms with Crippen LogP contribution in [0.4, 0.5) is 13.2 Å². The van der Waals surface area contributed by atoms with Crippen molar-refractivity contribution in [3.05, 3.63) is 24.3 Å². The summed E-state index contributed by atoms with van der Waals surface area (Å²) < 4.78 is 45.9. The lowest BCUT2D eigenvalue weighted by atomic mass is 9.68. The first-order chi connectivity index (χ1) is 14.3. The van der Waals surface area contributed by atoms with Gasteiger partial charge in [-0.25, -0.2) is 0 Å². The fraction of sp³-hybridized carbons (Fsp3) is 0.708. The van der Waals surface area contributed by atoms with Crippen molar-refractivity contribution in [2.75, 3.05) is 0 Å². The van der Waals surface area contributed by atoms with Crippen molar-refractivity contribution in [3.63, 3.8) is 0 Å². The molecule has 0 radical (unpaired) electrons. The Labute approximate surface area is 177 Å². The molecule has 1 aromatic rings. The van der Waals surface area contributed by atoms with Crippen LogP contribution in [0.3, 0.4) is 0 Å². The maximum Gasteiger partial charge on any atom is 0.573 e. The Bertz CT molecular complexity index is 655. The summed E-state index contributed by atoms with van der Waals surface area (Å²) in [5.74, 6) is 1.98. The summed E-state index contributed by atoms with van der Waals surface area (Å²) >= 11 is 0. The number of ether oxygens (including phenoxy) is 2. The fourth-order valence-electron chi connectivity index (χ4n) is 5.18. The third kappa shape index (κ3) is 6.92. The summed E-state index contributed by atoms with van der Waals surface area (Å²) in [7, 11) is 0. The number of hydrogen-bond donors (Lipinski definition) is 0. The normalized spacial score (nSPS) is 27.5. The monoisotopic (exact) mass is 426 g/mol. The van der Waals surface area contributed by atoms with Crippen LogP contribution in [0.1, 0.15) is 77.6 Å². The van der Waals surface area contributed by atoms with Crippen molar-refractivity contribution in [3.8, 4) is 11.5 Å². The number of carbonyl (C=O) groups excluding carboxylic acids is 1. The second-order valence-electron chi connectivity index (χ2n) is 8.98. The van der Waals surface area contributed by atoms with Crippen LogP contribution in [-0.2, 0) is 4.79 Å². The fourth-order valence-corrected chi connectivity index (χ4v) is 5.18. The van der Waals surface area contributed by atoms with Crippen molar-refractivity contribution >= 4 is 5.97 Å². The minimum Gasteiger partial charge on any atom is -0.426 e.